The van der Waals surface area contributed by atoms with Crippen LogP contribution in [0.15, 0.2) is 59.8 Å². The maximum Gasteiger partial charge on any atom is 0.338 e. The molecule has 0 saturated heterocycles. The Labute approximate surface area is 174 Å². The van der Waals surface area contributed by atoms with E-state index in [2.05, 4.69) is 10.6 Å². The van der Waals surface area contributed by atoms with Crippen LogP contribution in [0.25, 0.3) is 0 Å². The van der Waals surface area contributed by atoms with Crippen LogP contribution in [0.3, 0.4) is 0 Å². The van der Waals surface area contributed by atoms with Crippen molar-refractivity contribution in [3.05, 3.63) is 76.0 Å². The fourth-order valence-electron chi connectivity index (χ4n) is 3.07. The number of carbonyl (C=O) groups is 2. The van der Waals surface area contributed by atoms with Crippen LogP contribution in [0, 0.1) is 0 Å². The van der Waals surface area contributed by atoms with E-state index >= 15 is 0 Å². The highest BCUT2D eigenvalue weighted by atomic mass is 35.5. The average Bonchev–Trinajstić information content (AvgIpc) is 2.65. The minimum Gasteiger partial charge on any atom is -0.489 e. The number of urea groups is 1. The summed E-state index contributed by atoms with van der Waals surface area (Å²) in [7, 11) is 0. The standard InChI is InChI=1S/C22H23ClN2O4/c1-13(2)29-21(26)19-14(3)24-22(27)25-20(19)16-7-5-9-18(11-16)28-12-15-6-4-8-17(23)10-15/h4-11,13,20H,12H2,1-3H3,(H2,24,25,27). The van der Waals surface area contributed by atoms with Gasteiger partial charge in [0.1, 0.15) is 12.4 Å². The molecule has 0 bridgehead atoms. The highest BCUT2D eigenvalue weighted by Gasteiger charge is 2.32. The molecule has 1 heterocycles. The smallest absolute Gasteiger partial charge is 0.338 e. The van der Waals surface area contributed by atoms with Crippen molar-refractivity contribution in [2.75, 3.05) is 0 Å². The number of hydrogen-bond acceptors (Lipinski definition) is 4. The molecule has 7 heteroatoms. The van der Waals surface area contributed by atoms with Crippen molar-refractivity contribution in [2.24, 2.45) is 0 Å². The van der Waals surface area contributed by atoms with E-state index in [0.29, 0.717) is 28.6 Å². The number of esters is 1. The summed E-state index contributed by atoms with van der Waals surface area (Å²) in [6.45, 7) is 5.59. The van der Waals surface area contributed by atoms with Gasteiger partial charge in [-0.15, -0.1) is 0 Å². The number of nitrogens with one attached hydrogen (secondary N) is 2. The third-order valence-corrected chi connectivity index (χ3v) is 4.55. The Kier molecular flexibility index (Phi) is 6.44. The summed E-state index contributed by atoms with van der Waals surface area (Å²) in [6.07, 6.45) is -0.270. The van der Waals surface area contributed by atoms with Crippen molar-refractivity contribution >= 4 is 23.6 Å². The Morgan fingerprint density at radius 1 is 1.17 bits per heavy atom. The van der Waals surface area contributed by atoms with Gasteiger partial charge in [-0.25, -0.2) is 9.59 Å². The van der Waals surface area contributed by atoms with Gasteiger partial charge in [0.2, 0.25) is 0 Å². The lowest BCUT2D eigenvalue weighted by Crippen LogP contribution is -2.45. The number of ether oxygens (including phenoxy) is 2. The van der Waals surface area contributed by atoms with Crippen LogP contribution in [0.5, 0.6) is 5.75 Å². The number of allylic oxidation sites excluding steroid dienone is 1. The van der Waals surface area contributed by atoms with Gasteiger partial charge in [-0.2, -0.15) is 0 Å². The molecule has 2 N–H and O–H groups in total. The summed E-state index contributed by atoms with van der Waals surface area (Å²) >= 11 is 6.01. The molecule has 1 unspecified atom stereocenters. The molecule has 0 spiro atoms. The fourth-order valence-corrected chi connectivity index (χ4v) is 3.28. The molecule has 0 aromatic heterocycles. The Morgan fingerprint density at radius 3 is 2.66 bits per heavy atom. The summed E-state index contributed by atoms with van der Waals surface area (Å²) < 4.78 is 11.2. The van der Waals surface area contributed by atoms with E-state index < -0.39 is 12.0 Å². The molecule has 2 aromatic carbocycles. The molecule has 1 aliphatic rings. The van der Waals surface area contributed by atoms with E-state index in [4.69, 9.17) is 21.1 Å². The predicted molar refractivity (Wildman–Crippen MR) is 111 cm³/mol. The summed E-state index contributed by atoms with van der Waals surface area (Å²) in [4.78, 5) is 24.6. The molecule has 2 aromatic rings. The van der Waals surface area contributed by atoms with Crippen molar-refractivity contribution < 1.29 is 19.1 Å². The zero-order chi connectivity index (χ0) is 21.0. The zero-order valence-corrected chi connectivity index (χ0v) is 17.2. The van der Waals surface area contributed by atoms with Crippen LogP contribution in [0.1, 0.15) is 37.9 Å². The molecule has 0 aliphatic carbocycles. The van der Waals surface area contributed by atoms with E-state index in [-0.39, 0.29) is 12.1 Å². The Bertz CT molecular complexity index is 955. The van der Waals surface area contributed by atoms with E-state index in [1.54, 1.807) is 32.9 Å². The second kappa shape index (κ2) is 9.01. The van der Waals surface area contributed by atoms with Gasteiger partial charge in [0.05, 0.1) is 17.7 Å². The van der Waals surface area contributed by atoms with Crippen molar-refractivity contribution in [3.8, 4) is 5.75 Å². The molecule has 152 valence electrons. The van der Waals surface area contributed by atoms with Gasteiger partial charge in [-0.3, -0.25) is 0 Å². The largest absolute Gasteiger partial charge is 0.489 e. The van der Waals surface area contributed by atoms with Crippen LogP contribution in [0.2, 0.25) is 5.02 Å². The number of hydrogen-bond donors (Lipinski definition) is 2. The number of benzene rings is 2. The third-order valence-electron chi connectivity index (χ3n) is 4.32. The number of rotatable bonds is 6. The van der Waals surface area contributed by atoms with Crippen LogP contribution in [0.4, 0.5) is 4.79 Å². The Balaban J connectivity index is 1.84. The molecular weight excluding hydrogens is 392 g/mol. The number of amides is 2. The van der Waals surface area contributed by atoms with Gasteiger partial charge < -0.3 is 20.1 Å². The highest BCUT2D eigenvalue weighted by molar-refractivity contribution is 6.30. The molecule has 29 heavy (non-hydrogen) atoms. The van der Waals surface area contributed by atoms with Crippen molar-refractivity contribution in [2.45, 2.75) is 39.5 Å². The van der Waals surface area contributed by atoms with E-state index in [1.165, 1.54) is 0 Å². The van der Waals surface area contributed by atoms with Crippen LogP contribution in [-0.2, 0) is 16.1 Å². The molecule has 0 saturated carbocycles. The maximum absolute atomic E-state index is 12.6. The average molecular weight is 415 g/mol. The predicted octanol–water partition coefficient (Wildman–Crippen LogP) is 4.50. The molecule has 2 amide bonds. The topological polar surface area (TPSA) is 76.7 Å². The lowest BCUT2D eigenvalue weighted by molar-refractivity contribution is -0.143. The molecule has 0 radical (unpaired) electrons. The monoisotopic (exact) mass is 414 g/mol. The lowest BCUT2D eigenvalue weighted by Gasteiger charge is -2.28. The molecule has 6 nitrogen and oxygen atoms in total. The second-order valence-corrected chi connectivity index (χ2v) is 7.45. The van der Waals surface area contributed by atoms with Gasteiger partial charge in [-0.05, 0) is 56.2 Å². The van der Waals surface area contributed by atoms with Crippen molar-refractivity contribution in [1.29, 1.82) is 0 Å². The van der Waals surface area contributed by atoms with E-state index in [1.807, 2.05) is 36.4 Å². The molecular formula is C22H23ClN2O4. The normalized spacial score (nSPS) is 16.3. The number of halogens is 1. The lowest BCUT2D eigenvalue weighted by atomic mass is 9.95. The first-order chi connectivity index (χ1) is 13.8. The summed E-state index contributed by atoms with van der Waals surface area (Å²) in [5.41, 5.74) is 2.49. The van der Waals surface area contributed by atoms with Gasteiger partial charge in [0.25, 0.3) is 0 Å². The maximum atomic E-state index is 12.6. The highest BCUT2D eigenvalue weighted by Crippen LogP contribution is 2.30. The van der Waals surface area contributed by atoms with Crippen molar-refractivity contribution in [1.82, 2.24) is 10.6 Å². The van der Waals surface area contributed by atoms with Gasteiger partial charge >= 0.3 is 12.0 Å². The van der Waals surface area contributed by atoms with E-state index in [9.17, 15) is 9.59 Å². The summed E-state index contributed by atoms with van der Waals surface area (Å²) in [6, 6.07) is 13.7. The van der Waals surface area contributed by atoms with Gasteiger partial charge in [0.15, 0.2) is 0 Å². The number of carbonyl (C=O) groups excluding carboxylic acids is 2. The second-order valence-electron chi connectivity index (χ2n) is 7.02. The molecule has 0 fully saturated rings. The quantitative estimate of drug-likeness (QED) is 0.682. The van der Waals surface area contributed by atoms with E-state index in [0.717, 1.165) is 11.1 Å². The molecule has 1 atom stereocenters. The van der Waals surface area contributed by atoms with Crippen LogP contribution in [-0.4, -0.2) is 18.1 Å². The third kappa shape index (κ3) is 5.29. The first-order valence-corrected chi connectivity index (χ1v) is 9.67. The Morgan fingerprint density at radius 2 is 1.93 bits per heavy atom. The SMILES string of the molecule is CC1=C(C(=O)OC(C)C)C(c2cccc(OCc3cccc(Cl)c3)c2)NC(=O)N1. The van der Waals surface area contributed by atoms with Crippen LogP contribution < -0.4 is 15.4 Å². The first-order valence-electron chi connectivity index (χ1n) is 9.30. The van der Waals surface area contributed by atoms with Crippen LogP contribution >= 0.6 is 11.6 Å². The minimum atomic E-state index is -0.635. The first kappa shape index (κ1) is 20.7. The molecule has 1 aliphatic heterocycles. The summed E-state index contributed by atoms with van der Waals surface area (Å²) in [5, 5.41) is 6.07. The van der Waals surface area contributed by atoms with Crippen molar-refractivity contribution in [3.63, 3.8) is 0 Å². The summed E-state index contributed by atoms with van der Waals surface area (Å²) in [5.74, 6) is 0.143. The molecule has 3 rings (SSSR count). The fraction of sp³-hybridized carbons (Fsp3) is 0.273. The van der Waals surface area contributed by atoms with Gasteiger partial charge in [-0.1, -0.05) is 35.9 Å². The Hall–Kier alpha value is -2.99. The zero-order valence-electron chi connectivity index (χ0n) is 16.5. The minimum absolute atomic E-state index is 0.270. The van der Waals surface area contributed by atoms with Gasteiger partial charge in [0, 0.05) is 10.7 Å².